The summed E-state index contributed by atoms with van der Waals surface area (Å²) in [5.41, 5.74) is 6.34. The Hall–Kier alpha value is -2.10. The van der Waals surface area contributed by atoms with Crippen LogP contribution >= 0.6 is 0 Å². The van der Waals surface area contributed by atoms with E-state index in [1.165, 1.54) is 6.20 Å². The summed E-state index contributed by atoms with van der Waals surface area (Å²) in [4.78, 5) is 15.1. The normalized spacial score (nSPS) is 10.2. The number of carbonyl (C=O) groups excluding carboxylic acids is 1. The summed E-state index contributed by atoms with van der Waals surface area (Å²) in [5, 5.41) is 0.788. The van der Waals surface area contributed by atoms with Crippen LogP contribution in [0.2, 0.25) is 0 Å². The van der Waals surface area contributed by atoms with Gasteiger partial charge in [0.15, 0.2) is 0 Å². The topological polar surface area (TPSA) is 65.2 Å². The molecule has 1 aromatic carbocycles. The molecule has 0 fully saturated rings. The average molecular weight is 202 g/mol. The van der Waals surface area contributed by atoms with Gasteiger partial charge in [-0.15, -0.1) is 0 Å². The zero-order valence-electron chi connectivity index (χ0n) is 8.23. The second-order valence-corrected chi connectivity index (χ2v) is 3.12. The van der Waals surface area contributed by atoms with E-state index in [0.29, 0.717) is 11.3 Å². The third-order valence-electron chi connectivity index (χ3n) is 2.19. The Morgan fingerprint density at radius 3 is 2.93 bits per heavy atom. The molecule has 0 atom stereocenters. The predicted octanol–water partition coefficient (Wildman–Crippen LogP) is 1.34. The smallest absolute Gasteiger partial charge is 0.250 e. The number of methoxy groups -OCH3 is 1. The van der Waals surface area contributed by atoms with E-state index in [2.05, 4.69) is 4.98 Å². The number of ether oxygens (including phenoxy) is 1. The lowest BCUT2D eigenvalue weighted by Gasteiger charge is -2.05. The minimum Gasteiger partial charge on any atom is -0.496 e. The molecule has 76 valence electrons. The highest BCUT2D eigenvalue weighted by Gasteiger charge is 2.06. The van der Waals surface area contributed by atoms with Crippen molar-refractivity contribution in [2.24, 2.45) is 5.73 Å². The lowest BCUT2D eigenvalue weighted by atomic mass is 10.1. The molecule has 4 heteroatoms. The third kappa shape index (κ3) is 1.61. The van der Waals surface area contributed by atoms with Crippen molar-refractivity contribution in [2.75, 3.05) is 7.11 Å². The highest BCUT2D eigenvalue weighted by Crippen LogP contribution is 2.24. The molecule has 0 bridgehead atoms. The molecule has 0 aliphatic carbocycles. The maximum Gasteiger partial charge on any atom is 0.250 e. The molecule has 2 aromatic rings. The second kappa shape index (κ2) is 3.57. The van der Waals surface area contributed by atoms with Gasteiger partial charge in [-0.2, -0.15) is 0 Å². The van der Waals surface area contributed by atoms with Gasteiger partial charge < -0.3 is 10.5 Å². The second-order valence-electron chi connectivity index (χ2n) is 3.12. The molecule has 0 aliphatic heterocycles. The minimum absolute atomic E-state index is 0.381. The van der Waals surface area contributed by atoms with E-state index in [4.69, 9.17) is 10.5 Å². The first kappa shape index (κ1) is 9.45. The first-order valence-corrected chi connectivity index (χ1v) is 4.45. The van der Waals surface area contributed by atoms with Crippen molar-refractivity contribution in [1.82, 2.24) is 4.98 Å². The van der Waals surface area contributed by atoms with E-state index < -0.39 is 5.91 Å². The molecule has 1 heterocycles. The molecule has 0 unspecified atom stereocenters. The van der Waals surface area contributed by atoms with Gasteiger partial charge in [-0.1, -0.05) is 6.07 Å². The fourth-order valence-electron chi connectivity index (χ4n) is 1.43. The van der Waals surface area contributed by atoms with Gasteiger partial charge in [-0.3, -0.25) is 9.78 Å². The van der Waals surface area contributed by atoms with Gasteiger partial charge in [0.05, 0.1) is 18.2 Å². The van der Waals surface area contributed by atoms with E-state index in [9.17, 15) is 4.79 Å². The largest absolute Gasteiger partial charge is 0.496 e. The van der Waals surface area contributed by atoms with Crippen molar-refractivity contribution < 1.29 is 9.53 Å². The summed E-state index contributed by atoms with van der Waals surface area (Å²) in [7, 11) is 1.58. The van der Waals surface area contributed by atoms with Crippen molar-refractivity contribution in [3.8, 4) is 5.75 Å². The van der Waals surface area contributed by atoms with E-state index in [1.807, 2.05) is 18.2 Å². The molecule has 4 nitrogen and oxygen atoms in total. The molecule has 0 aliphatic rings. The highest BCUT2D eigenvalue weighted by atomic mass is 16.5. The molecule has 0 saturated carbocycles. The summed E-state index contributed by atoms with van der Waals surface area (Å²) in [6.07, 6.45) is 1.46. The van der Waals surface area contributed by atoms with E-state index in [0.717, 1.165) is 10.9 Å². The fraction of sp³-hybridized carbons (Fsp3) is 0.0909. The SMILES string of the molecule is COc1cccc2ncc(C(N)=O)cc12. The summed E-state index contributed by atoms with van der Waals surface area (Å²) in [6, 6.07) is 7.19. The Labute approximate surface area is 86.7 Å². The first-order chi connectivity index (χ1) is 7.22. The number of fused-ring (bicyclic) bond motifs is 1. The van der Waals surface area contributed by atoms with Gasteiger partial charge in [0.2, 0.25) is 5.91 Å². The number of carbonyl (C=O) groups is 1. The van der Waals surface area contributed by atoms with Crippen molar-refractivity contribution in [1.29, 1.82) is 0 Å². The Kier molecular flexibility index (Phi) is 2.25. The van der Waals surface area contributed by atoms with Gasteiger partial charge in [0.25, 0.3) is 0 Å². The zero-order valence-corrected chi connectivity index (χ0v) is 8.23. The van der Waals surface area contributed by atoms with Crippen molar-refractivity contribution >= 4 is 16.8 Å². The average Bonchev–Trinajstić information content (AvgIpc) is 2.27. The molecule has 1 aromatic heterocycles. The van der Waals surface area contributed by atoms with Crippen LogP contribution < -0.4 is 10.5 Å². The molecule has 0 saturated heterocycles. The van der Waals surface area contributed by atoms with Crippen LogP contribution in [0.15, 0.2) is 30.5 Å². The Morgan fingerprint density at radius 2 is 2.27 bits per heavy atom. The van der Waals surface area contributed by atoms with Crippen LogP contribution in [0.4, 0.5) is 0 Å². The van der Waals surface area contributed by atoms with Crippen molar-refractivity contribution in [2.45, 2.75) is 0 Å². The van der Waals surface area contributed by atoms with Crippen LogP contribution in [0, 0.1) is 0 Å². The quantitative estimate of drug-likeness (QED) is 0.799. The van der Waals surface area contributed by atoms with E-state index in [-0.39, 0.29) is 0 Å². The lowest BCUT2D eigenvalue weighted by Crippen LogP contribution is -2.11. The number of nitrogens with zero attached hydrogens (tertiary/aromatic N) is 1. The molecule has 0 spiro atoms. The van der Waals surface area contributed by atoms with Crippen molar-refractivity contribution in [3.63, 3.8) is 0 Å². The van der Waals surface area contributed by atoms with Crippen LogP contribution in [0.25, 0.3) is 10.9 Å². The van der Waals surface area contributed by atoms with Crippen molar-refractivity contribution in [3.05, 3.63) is 36.0 Å². The van der Waals surface area contributed by atoms with Crippen LogP contribution in [-0.4, -0.2) is 18.0 Å². The van der Waals surface area contributed by atoms with E-state index in [1.54, 1.807) is 13.2 Å². The highest BCUT2D eigenvalue weighted by molar-refractivity contribution is 5.97. The maximum absolute atomic E-state index is 11.0. The maximum atomic E-state index is 11.0. The third-order valence-corrected chi connectivity index (χ3v) is 2.19. The number of rotatable bonds is 2. The van der Waals surface area contributed by atoms with Crippen LogP contribution in [-0.2, 0) is 0 Å². The van der Waals surface area contributed by atoms with Gasteiger partial charge in [0.1, 0.15) is 5.75 Å². The first-order valence-electron chi connectivity index (χ1n) is 4.45. The number of aromatic nitrogens is 1. The zero-order chi connectivity index (χ0) is 10.8. The number of benzene rings is 1. The molecular weight excluding hydrogens is 192 g/mol. The fourth-order valence-corrected chi connectivity index (χ4v) is 1.43. The van der Waals surface area contributed by atoms with Gasteiger partial charge >= 0.3 is 0 Å². The predicted molar refractivity (Wildman–Crippen MR) is 56.8 cm³/mol. The number of primary amides is 1. The number of amides is 1. The van der Waals surface area contributed by atoms with Gasteiger partial charge in [-0.25, -0.2) is 0 Å². The summed E-state index contributed by atoms with van der Waals surface area (Å²) < 4.78 is 5.17. The van der Waals surface area contributed by atoms with Crippen LogP contribution in [0.5, 0.6) is 5.75 Å². The Morgan fingerprint density at radius 1 is 1.47 bits per heavy atom. The van der Waals surface area contributed by atoms with E-state index >= 15 is 0 Å². The number of pyridine rings is 1. The van der Waals surface area contributed by atoms with Gasteiger partial charge in [0, 0.05) is 11.6 Å². The number of hydrogen-bond acceptors (Lipinski definition) is 3. The molecule has 0 radical (unpaired) electrons. The Bertz CT molecular complexity index is 523. The molecule has 1 amide bonds. The van der Waals surface area contributed by atoms with Gasteiger partial charge in [-0.05, 0) is 18.2 Å². The summed E-state index contributed by atoms with van der Waals surface area (Å²) in [6.45, 7) is 0. The summed E-state index contributed by atoms with van der Waals surface area (Å²) in [5.74, 6) is 0.193. The summed E-state index contributed by atoms with van der Waals surface area (Å²) >= 11 is 0. The molecule has 15 heavy (non-hydrogen) atoms. The molecule has 2 rings (SSSR count). The lowest BCUT2D eigenvalue weighted by molar-refractivity contribution is 0.1000. The molecule has 2 N–H and O–H groups in total. The number of nitrogens with two attached hydrogens (primary N) is 1. The standard InChI is InChI=1S/C11H10N2O2/c1-15-10-4-2-3-9-8(10)5-7(6-13-9)11(12)14/h2-6H,1H3,(H2,12,14). The minimum atomic E-state index is -0.490. The molecular formula is C11H10N2O2. The number of hydrogen-bond donors (Lipinski definition) is 1. The van der Waals surface area contributed by atoms with Crippen LogP contribution in [0.3, 0.4) is 0 Å². The monoisotopic (exact) mass is 202 g/mol. The van der Waals surface area contributed by atoms with Crippen LogP contribution in [0.1, 0.15) is 10.4 Å². The Balaban J connectivity index is 2.72.